The first-order valence-electron chi connectivity index (χ1n) is 6.33. The Balaban J connectivity index is 2.61. The maximum absolute atomic E-state index is 11.6. The third kappa shape index (κ3) is 3.63. The Bertz CT molecular complexity index is 300. The van der Waals surface area contributed by atoms with Gasteiger partial charge in [0.05, 0.1) is 0 Å². The summed E-state index contributed by atoms with van der Waals surface area (Å²) in [7, 11) is 0. The van der Waals surface area contributed by atoms with Crippen molar-refractivity contribution in [2.45, 2.75) is 52.1 Å². The van der Waals surface area contributed by atoms with Crippen molar-refractivity contribution in [1.82, 2.24) is 10.6 Å². The lowest BCUT2D eigenvalue weighted by Gasteiger charge is -2.25. The number of hydrogen-bond acceptors (Lipinski definition) is 3. The first kappa shape index (κ1) is 14.4. The second-order valence-electron chi connectivity index (χ2n) is 4.41. The van der Waals surface area contributed by atoms with Crippen LogP contribution in [0.1, 0.15) is 40.5 Å². The molecule has 1 aliphatic rings. The molecule has 1 fully saturated rings. The van der Waals surface area contributed by atoms with Crippen LogP contribution in [-0.4, -0.2) is 35.0 Å². The summed E-state index contributed by atoms with van der Waals surface area (Å²) >= 11 is 1.72. The fourth-order valence-electron chi connectivity index (χ4n) is 1.76. The van der Waals surface area contributed by atoms with Gasteiger partial charge in [-0.05, 0) is 26.7 Å². The highest BCUT2D eigenvalue weighted by Gasteiger charge is 2.34. The molecule has 0 saturated carbocycles. The average molecular weight is 257 g/mol. The first-order valence-corrected chi connectivity index (χ1v) is 7.32. The number of amides is 1. The highest BCUT2D eigenvalue weighted by atomic mass is 32.2. The van der Waals surface area contributed by atoms with Crippen molar-refractivity contribution < 1.29 is 4.79 Å². The lowest BCUT2D eigenvalue weighted by atomic mass is 9.96. The Labute approximate surface area is 108 Å². The predicted molar refractivity (Wildman–Crippen MR) is 74.5 cm³/mol. The molecule has 98 valence electrons. The number of likely N-dealkylation sites (N-methyl/N-ethyl adjacent to an activating group) is 1. The average Bonchev–Trinajstić information content (AvgIpc) is 2.73. The van der Waals surface area contributed by atoms with E-state index in [0.717, 1.165) is 23.8 Å². The monoisotopic (exact) mass is 257 g/mol. The van der Waals surface area contributed by atoms with Gasteiger partial charge in [-0.3, -0.25) is 4.79 Å². The van der Waals surface area contributed by atoms with Crippen LogP contribution in [0.4, 0.5) is 0 Å². The number of aliphatic imine (C=N–C) groups is 1. The van der Waals surface area contributed by atoms with E-state index in [9.17, 15) is 4.79 Å². The fourth-order valence-corrected chi connectivity index (χ4v) is 3.18. The van der Waals surface area contributed by atoms with Gasteiger partial charge in [0.15, 0.2) is 5.17 Å². The molecular weight excluding hydrogens is 234 g/mol. The van der Waals surface area contributed by atoms with Gasteiger partial charge in [-0.2, -0.15) is 0 Å². The quantitative estimate of drug-likeness (QED) is 0.789. The molecule has 5 heteroatoms. The Morgan fingerprint density at radius 1 is 1.53 bits per heavy atom. The molecule has 17 heavy (non-hydrogen) atoms. The van der Waals surface area contributed by atoms with Crippen LogP contribution in [0.3, 0.4) is 0 Å². The highest BCUT2D eigenvalue weighted by molar-refractivity contribution is 8.14. The molecule has 0 aromatic rings. The van der Waals surface area contributed by atoms with E-state index in [-0.39, 0.29) is 17.5 Å². The summed E-state index contributed by atoms with van der Waals surface area (Å²) in [5.74, 6) is 1.04. The number of thioether (sulfide) groups is 1. The number of rotatable bonds is 5. The number of nitrogens with zero attached hydrogens (tertiary/aromatic N) is 1. The summed E-state index contributed by atoms with van der Waals surface area (Å²) in [4.78, 5) is 16.0. The molecular formula is C12H23N3OS. The minimum Gasteiger partial charge on any atom is -0.359 e. The second-order valence-corrected chi connectivity index (χ2v) is 5.37. The van der Waals surface area contributed by atoms with Crippen molar-refractivity contribution in [2.24, 2.45) is 4.99 Å². The fraction of sp³-hybridized carbons (Fsp3) is 0.833. The number of amidine groups is 1. The van der Waals surface area contributed by atoms with Gasteiger partial charge in [0.25, 0.3) is 0 Å². The van der Waals surface area contributed by atoms with Crippen molar-refractivity contribution >= 4 is 22.8 Å². The summed E-state index contributed by atoms with van der Waals surface area (Å²) < 4.78 is 0. The third-order valence-electron chi connectivity index (χ3n) is 3.25. The molecule has 4 nitrogen and oxygen atoms in total. The molecule has 1 saturated heterocycles. The molecule has 0 spiro atoms. The molecule has 1 amide bonds. The van der Waals surface area contributed by atoms with E-state index in [2.05, 4.69) is 29.5 Å². The minimum atomic E-state index is -0.311. The minimum absolute atomic E-state index is 0.00658. The number of carbonyl (C=O) groups excluding carboxylic acids is 1. The van der Waals surface area contributed by atoms with Gasteiger partial charge in [0.2, 0.25) is 5.91 Å². The molecule has 1 aliphatic heterocycles. The van der Waals surface area contributed by atoms with Crippen molar-refractivity contribution in [3.05, 3.63) is 0 Å². The van der Waals surface area contributed by atoms with E-state index in [1.807, 2.05) is 13.8 Å². The highest BCUT2D eigenvalue weighted by Crippen LogP contribution is 2.29. The van der Waals surface area contributed by atoms with Gasteiger partial charge in [0.1, 0.15) is 6.04 Å². The zero-order chi connectivity index (χ0) is 12.9. The maximum atomic E-state index is 11.6. The van der Waals surface area contributed by atoms with Crippen molar-refractivity contribution in [3.63, 3.8) is 0 Å². The van der Waals surface area contributed by atoms with Crippen LogP contribution in [0, 0.1) is 0 Å². The second kappa shape index (κ2) is 6.28. The number of hydrogen-bond donors (Lipinski definition) is 2. The molecule has 1 heterocycles. The predicted octanol–water partition coefficient (Wildman–Crippen LogP) is 1.76. The van der Waals surface area contributed by atoms with Gasteiger partial charge >= 0.3 is 0 Å². The molecule has 1 atom stereocenters. The Kier molecular flexibility index (Phi) is 5.31. The van der Waals surface area contributed by atoms with E-state index < -0.39 is 0 Å². The van der Waals surface area contributed by atoms with Gasteiger partial charge in [-0.1, -0.05) is 25.6 Å². The maximum Gasteiger partial charge on any atom is 0.244 e. The van der Waals surface area contributed by atoms with E-state index in [0.29, 0.717) is 6.54 Å². The van der Waals surface area contributed by atoms with Crippen LogP contribution in [-0.2, 0) is 4.79 Å². The van der Waals surface area contributed by atoms with Gasteiger partial charge in [-0.25, -0.2) is 4.99 Å². The first-order chi connectivity index (χ1) is 8.06. The van der Waals surface area contributed by atoms with Crippen LogP contribution in [0.25, 0.3) is 0 Å². The molecule has 2 N–H and O–H groups in total. The van der Waals surface area contributed by atoms with Crippen molar-refractivity contribution in [3.8, 4) is 0 Å². The molecule has 0 aromatic carbocycles. The van der Waals surface area contributed by atoms with Gasteiger partial charge < -0.3 is 10.6 Å². The van der Waals surface area contributed by atoms with Crippen LogP contribution in [0.15, 0.2) is 4.99 Å². The smallest absolute Gasteiger partial charge is 0.244 e. The molecule has 0 radical (unpaired) electrons. The van der Waals surface area contributed by atoms with E-state index >= 15 is 0 Å². The summed E-state index contributed by atoms with van der Waals surface area (Å²) in [6, 6.07) is -0.311. The molecule has 0 bridgehead atoms. The third-order valence-corrected chi connectivity index (χ3v) is 4.43. The summed E-state index contributed by atoms with van der Waals surface area (Å²) in [5.41, 5.74) is 0.171. The van der Waals surface area contributed by atoms with Crippen LogP contribution < -0.4 is 10.6 Å². The summed E-state index contributed by atoms with van der Waals surface area (Å²) in [6.45, 7) is 8.78. The topological polar surface area (TPSA) is 53.5 Å². The molecule has 1 rings (SSSR count). The van der Waals surface area contributed by atoms with Crippen LogP contribution in [0.2, 0.25) is 0 Å². The van der Waals surface area contributed by atoms with Crippen molar-refractivity contribution in [1.29, 1.82) is 0 Å². The lowest BCUT2D eigenvalue weighted by molar-refractivity contribution is -0.121. The lowest BCUT2D eigenvalue weighted by Crippen LogP contribution is -2.43. The SMILES string of the molecule is CCNC(=O)C(C)N=C1NC(CC)(CC)CS1. The zero-order valence-electron chi connectivity index (χ0n) is 11.2. The van der Waals surface area contributed by atoms with Crippen LogP contribution >= 0.6 is 11.8 Å². The van der Waals surface area contributed by atoms with Crippen LogP contribution in [0.5, 0.6) is 0 Å². The normalized spacial score (nSPS) is 22.2. The molecule has 0 aliphatic carbocycles. The van der Waals surface area contributed by atoms with E-state index in [1.165, 1.54) is 0 Å². The Hall–Kier alpha value is -0.710. The summed E-state index contributed by atoms with van der Waals surface area (Å²) in [6.07, 6.45) is 2.18. The Morgan fingerprint density at radius 3 is 2.65 bits per heavy atom. The van der Waals surface area contributed by atoms with Gasteiger partial charge in [-0.15, -0.1) is 0 Å². The standard InChI is InChI=1S/C12H23N3OS/c1-5-12(6-2)8-17-11(15-12)14-9(4)10(16)13-7-3/h9H,5-8H2,1-4H3,(H,13,16)(H,14,15). The number of nitrogens with one attached hydrogen (secondary N) is 2. The largest absolute Gasteiger partial charge is 0.359 e. The molecule has 1 unspecified atom stereocenters. The van der Waals surface area contributed by atoms with Crippen molar-refractivity contribution in [2.75, 3.05) is 12.3 Å². The molecule has 0 aromatic heterocycles. The number of carbonyl (C=O) groups is 1. The van der Waals surface area contributed by atoms with Gasteiger partial charge in [0, 0.05) is 17.8 Å². The summed E-state index contributed by atoms with van der Waals surface area (Å²) in [5, 5.41) is 7.16. The van der Waals surface area contributed by atoms with E-state index in [4.69, 9.17) is 0 Å². The Morgan fingerprint density at radius 2 is 2.18 bits per heavy atom. The zero-order valence-corrected chi connectivity index (χ0v) is 12.0. The van der Waals surface area contributed by atoms with E-state index in [1.54, 1.807) is 11.8 Å².